The molecule has 21 heavy (non-hydrogen) atoms. The summed E-state index contributed by atoms with van der Waals surface area (Å²) in [4.78, 5) is 12.0. The standard InChI is InChI=1S/C14H12F2N2O2.ClH/c1-20-11-5-3-10(4-6-11)18(17)14(19)9-2-7-12(15)13(16)8-9;/h2-8H,17H2,1H3;1H. The Morgan fingerprint density at radius 2 is 1.71 bits per heavy atom. The number of halogens is 3. The first kappa shape index (κ1) is 16.9. The number of nitrogens with zero attached hydrogens (tertiary/aromatic N) is 1. The molecule has 112 valence electrons. The molecule has 0 bridgehead atoms. The van der Waals surface area contributed by atoms with E-state index in [2.05, 4.69) is 0 Å². The molecule has 0 aliphatic rings. The molecule has 2 aromatic carbocycles. The van der Waals surface area contributed by atoms with Gasteiger partial charge in [0.25, 0.3) is 5.91 Å². The maximum absolute atomic E-state index is 13.1. The zero-order valence-electron chi connectivity index (χ0n) is 11.0. The summed E-state index contributed by atoms with van der Waals surface area (Å²) in [6.07, 6.45) is 0. The molecule has 0 radical (unpaired) electrons. The number of benzene rings is 2. The van der Waals surface area contributed by atoms with Crippen LogP contribution in [-0.4, -0.2) is 13.0 Å². The average Bonchev–Trinajstić information content (AvgIpc) is 2.48. The van der Waals surface area contributed by atoms with E-state index in [9.17, 15) is 13.6 Å². The predicted molar refractivity (Wildman–Crippen MR) is 77.6 cm³/mol. The summed E-state index contributed by atoms with van der Waals surface area (Å²) in [6.45, 7) is 0. The molecule has 0 atom stereocenters. The summed E-state index contributed by atoms with van der Waals surface area (Å²) in [5.41, 5.74) is 0.364. The number of hydrogen-bond donors (Lipinski definition) is 1. The molecule has 2 aromatic rings. The minimum absolute atomic E-state index is 0. The van der Waals surface area contributed by atoms with Crippen LogP contribution < -0.4 is 15.6 Å². The molecule has 0 heterocycles. The fourth-order valence-corrected chi connectivity index (χ4v) is 1.63. The van der Waals surface area contributed by atoms with E-state index in [1.54, 1.807) is 24.3 Å². The second-order valence-corrected chi connectivity index (χ2v) is 4.00. The van der Waals surface area contributed by atoms with Crippen molar-refractivity contribution in [3.8, 4) is 5.75 Å². The number of carbonyl (C=O) groups excluding carboxylic acids is 1. The van der Waals surface area contributed by atoms with Crippen LogP contribution in [-0.2, 0) is 0 Å². The van der Waals surface area contributed by atoms with Crippen LogP contribution in [0.15, 0.2) is 42.5 Å². The molecule has 0 saturated carbocycles. The second kappa shape index (κ2) is 7.01. The predicted octanol–water partition coefficient (Wildman–Crippen LogP) is 2.92. The van der Waals surface area contributed by atoms with Gasteiger partial charge in [-0.15, -0.1) is 12.4 Å². The van der Waals surface area contributed by atoms with E-state index in [-0.39, 0.29) is 18.0 Å². The van der Waals surface area contributed by atoms with Crippen LogP contribution in [0.25, 0.3) is 0 Å². The Morgan fingerprint density at radius 3 is 2.24 bits per heavy atom. The largest absolute Gasteiger partial charge is 0.497 e. The summed E-state index contributed by atoms with van der Waals surface area (Å²) in [5.74, 6) is 3.53. The van der Waals surface area contributed by atoms with Gasteiger partial charge in [0.2, 0.25) is 0 Å². The molecule has 0 aromatic heterocycles. The Kier molecular flexibility index (Phi) is 5.63. The smallest absolute Gasteiger partial charge is 0.272 e. The van der Waals surface area contributed by atoms with Gasteiger partial charge in [-0.3, -0.25) is 4.79 Å². The highest BCUT2D eigenvalue weighted by atomic mass is 35.5. The van der Waals surface area contributed by atoms with Crippen molar-refractivity contribution < 1.29 is 18.3 Å². The lowest BCUT2D eigenvalue weighted by Gasteiger charge is -2.17. The molecule has 0 aliphatic heterocycles. The van der Waals surface area contributed by atoms with E-state index in [0.717, 1.165) is 17.1 Å². The van der Waals surface area contributed by atoms with Crippen LogP contribution in [0, 0.1) is 11.6 Å². The summed E-state index contributed by atoms with van der Waals surface area (Å²) in [6, 6.07) is 9.28. The molecule has 0 saturated heterocycles. The second-order valence-electron chi connectivity index (χ2n) is 4.00. The summed E-state index contributed by atoms with van der Waals surface area (Å²) in [7, 11) is 1.52. The van der Waals surface area contributed by atoms with E-state index in [1.807, 2.05) is 0 Å². The van der Waals surface area contributed by atoms with Gasteiger partial charge in [0.15, 0.2) is 11.6 Å². The molecule has 1 amide bonds. The van der Waals surface area contributed by atoms with Crippen LogP contribution in [0.5, 0.6) is 5.75 Å². The number of rotatable bonds is 3. The minimum atomic E-state index is -1.10. The van der Waals surface area contributed by atoms with Gasteiger partial charge in [-0.25, -0.2) is 19.6 Å². The molecule has 0 spiro atoms. The zero-order valence-corrected chi connectivity index (χ0v) is 11.9. The lowest BCUT2D eigenvalue weighted by molar-refractivity contribution is 0.0986. The fourth-order valence-electron chi connectivity index (χ4n) is 1.63. The summed E-state index contributed by atoms with van der Waals surface area (Å²) < 4.78 is 30.9. The molecule has 2 N–H and O–H groups in total. The fraction of sp³-hybridized carbons (Fsp3) is 0.0714. The van der Waals surface area contributed by atoms with Crippen LogP contribution in [0.4, 0.5) is 14.5 Å². The van der Waals surface area contributed by atoms with Crippen molar-refractivity contribution in [3.05, 3.63) is 59.7 Å². The Balaban J connectivity index is 0.00000220. The monoisotopic (exact) mass is 314 g/mol. The van der Waals surface area contributed by atoms with Gasteiger partial charge in [-0.05, 0) is 42.5 Å². The van der Waals surface area contributed by atoms with Crippen LogP contribution in [0.3, 0.4) is 0 Å². The van der Waals surface area contributed by atoms with Gasteiger partial charge in [-0.2, -0.15) is 0 Å². The third kappa shape index (κ3) is 3.68. The minimum Gasteiger partial charge on any atom is -0.497 e. The quantitative estimate of drug-likeness (QED) is 0.538. The van der Waals surface area contributed by atoms with E-state index in [4.69, 9.17) is 10.6 Å². The van der Waals surface area contributed by atoms with Crippen molar-refractivity contribution in [2.75, 3.05) is 12.1 Å². The van der Waals surface area contributed by atoms with E-state index >= 15 is 0 Å². The van der Waals surface area contributed by atoms with Crippen LogP contribution in [0.1, 0.15) is 10.4 Å². The van der Waals surface area contributed by atoms with Crippen LogP contribution >= 0.6 is 12.4 Å². The SMILES string of the molecule is COc1ccc(N(N)C(=O)c2ccc(F)c(F)c2)cc1.Cl. The van der Waals surface area contributed by atoms with Gasteiger partial charge >= 0.3 is 0 Å². The molecule has 7 heteroatoms. The lowest BCUT2D eigenvalue weighted by atomic mass is 10.2. The average molecular weight is 315 g/mol. The highest BCUT2D eigenvalue weighted by Gasteiger charge is 2.16. The molecule has 0 aliphatic carbocycles. The molecular formula is C14H13ClF2N2O2. The zero-order chi connectivity index (χ0) is 14.7. The Hall–Kier alpha value is -2.18. The topological polar surface area (TPSA) is 55.6 Å². The van der Waals surface area contributed by atoms with Gasteiger partial charge in [0.05, 0.1) is 12.8 Å². The number of hydrazine groups is 1. The third-order valence-electron chi connectivity index (χ3n) is 2.74. The van der Waals surface area contributed by atoms with Crippen LogP contribution in [0.2, 0.25) is 0 Å². The first-order valence-electron chi connectivity index (χ1n) is 5.71. The van der Waals surface area contributed by atoms with Gasteiger partial charge in [-0.1, -0.05) is 0 Å². The first-order valence-corrected chi connectivity index (χ1v) is 5.71. The van der Waals surface area contributed by atoms with Crippen molar-refractivity contribution >= 4 is 24.0 Å². The maximum Gasteiger partial charge on any atom is 0.272 e. The van der Waals surface area contributed by atoms with E-state index in [1.165, 1.54) is 13.2 Å². The van der Waals surface area contributed by atoms with Crippen molar-refractivity contribution in [2.24, 2.45) is 5.84 Å². The molecule has 4 nitrogen and oxygen atoms in total. The number of anilines is 1. The number of nitrogens with two attached hydrogens (primary N) is 1. The van der Waals surface area contributed by atoms with E-state index in [0.29, 0.717) is 11.4 Å². The molecule has 2 rings (SSSR count). The van der Waals surface area contributed by atoms with Crippen molar-refractivity contribution in [1.82, 2.24) is 0 Å². The molecular weight excluding hydrogens is 302 g/mol. The van der Waals surface area contributed by atoms with Crippen molar-refractivity contribution in [2.45, 2.75) is 0 Å². The Bertz CT molecular complexity index is 635. The van der Waals surface area contributed by atoms with Crippen molar-refractivity contribution in [3.63, 3.8) is 0 Å². The van der Waals surface area contributed by atoms with E-state index < -0.39 is 17.5 Å². The number of ether oxygens (including phenoxy) is 1. The molecule has 0 fully saturated rings. The number of hydrogen-bond acceptors (Lipinski definition) is 3. The summed E-state index contributed by atoms with van der Waals surface area (Å²) in [5, 5.41) is 0.853. The highest BCUT2D eigenvalue weighted by Crippen LogP contribution is 2.19. The van der Waals surface area contributed by atoms with Gasteiger partial charge in [0, 0.05) is 5.56 Å². The maximum atomic E-state index is 13.1. The number of amides is 1. The molecule has 0 unspecified atom stereocenters. The number of methoxy groups -OCH3 is 1. The normalized spacial score (nSPS) is 9.71. The Labute approximate surface area is 126 Å². The number of carbonyl (C=O) groups is 1. The van der Waals surface area contributed by atoms with Gasteiger partial charge in [0.1, 0.15) is 5.75 Å². The highest BCUT2D eigenvalue weighted by molar-refractivity contribution is 6.05. The summed E-state index contributed by atoms with van der Waals surface area (Å²) >= 11 is 0. The third-order valence-corrected chi connectivity index (χ3v) is 2.74. The lowest BCUT2D eigenvalue weighted by Crippen LogP contribution is -2.37. The Morgan fingerprint density at radius 1 is 1.10 bits per heavy atom. The first-order chi connectivity index (χ1) is 9.52. The van der Waals surface area contributed by atoms with Gasteiger partial charge < -0.3 is 4.74 Å². The van der Waals surface area contributed by atoms with Crippen molar-refractivity contribution in [1.29, 1.82) is 0 Å².